The lowest BCUT2D eigenvalue weighted by atomic mass is 9.95. The van der Waals surface area contributed by atoms with Gasteiger partial charge in [-0.15, -0.1) is 0 Å². The number of guanidine groups is 1. The Bertz CT molecular complexity index is 890. The molecule has 2 aromatic carbocycles. The molecule has 0 radical (unpaired) electrons. The Morgan fingerprint density at radius 2 is 1.83 bits per heavy atom. The smallest absolute Gasteiger partial charge is 0.251 e. The fourth-order valence-corrected chi connectivity index (χ4v) is 3.43. The summed E-state index contributed by atoms with van der Waals surface area (Å²) in [6.45, 7) is 5.26. The van der Waals surface area contributed by atoms with Crippen LogP contribution in [0, 0.1) is 5.82 Å². The average Bonchev–Trinajstić information content (AvgIpc) is 3.55. The number of aliphatic imine (C=N–C) groups is 1. The van der Waals surface area contributed by atoms with Crippen LogP contribution in [-0.4, -0.2) is 31.5 Å². The predicted molar refractivity (Wildman–Crippen MR) is 119 cm³/mol. The number of hydrogen-bond acceptors (Lipinski definition) is 2. The summed E-state index contributed by atoms with van der Waals surface area (Å²) in [5.41, 5.74) is 2.34. The summed E-state index contributed by atoms with van der Waals surface area (Å²) >= 11 is 0. The molecule has 1 saturated carbocycles. The van der Waals surface area contributed by atoms with Crippen LogP contribution in [0.2, 0.25) is 0 Å². The molecule has 0 aliphatic heterocycles. The fraction of sp³-hybridized carbons (Fsp3) is 0.417. The van der Waals surface area contributed by atoms with Crippen LogP contribution in [0.25, 0.3) is 0 Å². The van der Waals surface area contributed by atoms with Gasteiger partial charge in [0.1, 0.15) is 5.82 Å². The minimum Gasteiger partial charge on any atom is -0.356 e. The number of carbonyl (C=O) groups is 1. The van der Waals surface area contributed by atoms with Crippen LogP contribution in [-0.2, 0) is 12.0 Å². The van der Waals surface area contributed by atoms with Gasteiger partial charge in [-0.2, -0.15) is 0 Å². The van der Waals surface area contributed by atoms with Gasteiger partial charge in [0.25, 0.3) is 5.91 Å². The maximum Gasteiger partial charge on any atom is 0.251 e. The zero-order valence-corrected chi connectivity index (χ0v) is 18.0. The van der Waals surface area contributed by atoms with E-state index < -0.39 is 0 Å². The molecular formula is C24H31FN4O. The molecule has 160 valence electrons. The molecular weight excluding hydrogens is 379 g/mol. The molecule has 0 spiro atoms. The van der Waals surface area contributed by atoms with Crippen LogP contribution in [0.3, 0.4) is 0 Å². The van der Waals surface area contributed by atoms with Crippen molar-refractivity contribution in [2.45, 2.75) is 51.1 Å². The van der Waals surface area contributed by atoms with Crippen molar-refractivity contribution in [1.82, 2.24) is 16.0 Å². The molecule has 3 rings (SSSR count). The van der Waals surface area contributed by atoms with Crippen molar-refractivity contribution in [3.05, 3.63) is 71.0 Å². The molecule has 3 N–H and O–H groups in total. The molecule has 2 aromatic rings. The first kappa shape index (κ1) is 21.8. The standard InChI is InChI=1S/C24H31FN4O/c1-4-17(2)29-22(30)19-11-9-18(10-12-19)15-27-23(26-3)28-16-24(13-14-24)20-7-5-6-8-21(20)25/h5-12,17H,4,13-16H2,1-3H3,(H,29,30)(H2,26,27,28). The van der Waals surface area contributed by atoms with E-state index in [1.165, 1.54) is 6.07 Å². The molecule has 0 heterocycles. The maximum absolute atomic E-state index is 14.2. The van der Waals surface area contributed by atoms with Crippen LogP contribution in [0.15, 0.2) is 53.5 Å². The number of nitrogens with zero attached hydrogens (tertiary/aromatic N) is 1. The Hall–Kier alpha value is -2.89. The van der Waals surface area contributed by atoms with E-state index in [1.807, 2.05) is 50.2 Å². The van der Waals surface area contributed by atoms with Crippen LogP contribution in [0.1, 0.15) is 54.6 Å². The van der Waals surface area contributed by atoms with Gasteiger partial charge in [-0.05, 0) is 55.5 Å². The lowest BCUT2D eigenvalue weighted by Crippen LogP contribution is -2.41. The molecule has 0 aromatic heterocycles. The highest BCUT2D eigenvalue weighted by Crippen LogP contribution is 2.48. The highest BCUT2D eigenvalue weighted by Gasteiger charge is 2.45. The zero-order chi connectivity index (χ0) is 21.6. The van der Waals surface area contributed by atoms with Gasteiger partial charge in [0, 0.05) is 37.2 Å². The molecule has 1 aliphatic carbocycles. The van der Waals surface area contributed by atoms with E-state index in [9.17, 15) is 9.18 Å². The van der Waals surface area contributed by atoms with Gasteiger partial charge in [-0.1, -0.05) is 37.3 Å². The second kappa shape index (κ2) is 9.74. The second-order valence-corrected chi connectivity index (χ2v) is 8.02. The van der Waals surface area contributed by atoms with E-state index in [1.54, 1.807) is 13.1 Å². The SMILES string of the molecule is CCC(C)NC(=O)c1ccc(CNC(=NC)NCC2(c3ccccc3F)CC2)cc1. The van der Waals surface area contributed by atoms with E-state index in [0.29, 0.717) is 24.6 Å². The van der Waals surface area contributed by atoms with Gasteiger partial charge in [0.15, 0.2) is 5.96 Å². The monoisotopic (exact) mass is 410 g/mol. The summed E-state index contributed by atoms with van der Waals surface area (Å²) in [5, 5.41) is 9.59. The Kier molecular flexibility index (Phi) is 7.08. The minimum absolute atomic E-state index is 0.0517. The Morgan fingerprint density at radius 3 is 2.43 bits per heavy atom. The first-order chi connectivity index (χ1) is 14.5. The van der Waals surface area contributed by atoms with Crippen molar-refractivity contribution < 1.29 is 9.18 Å². The van der Waals surface area contributed by atoms with Gasteiger partial charge >= 0.3 is 0 Å². The van der Waals surface area contributed by atoms with E-state index in [4.69, 9.17) is 0 Å². The molecule has 1 aliphatic rings. The highest BCUT2D eigenvalue weighted by atomic mass is 19.1. The number of carbonyl (C=O) groups excluding carboxylic acids is 1. The van der Waals surface area contributed by atoms with E-state index in [2.05, 4.69) is 20.9 Å². The summed E-state index contributed by atoms with van der Waals surface area (Å²) in [6, 6.07) is 14.7. The Morgan fingerprint density at radius 1 is 1.13 bits per heavy atom. The van der Waals surface area contributed by atoms with Gasteiger partial charge < -0.3 is 16.0 Å². The predicted octanol–water partition coefficient (Wildman–Crippen LogP) is 3.75. The third kappa shape index (κ3) is 5.38. The Balaban J connectivity index is 1.51. The third-order valence-corrected chi connectivity index (χ3v) is 5.78. The molecule has 1 atom stereocenters. The zero-order valence-electron chi connectivity index (χ0n) is 18.0. The summed E-state index contributed by atoms with van der Waals surface area (Å²) in [6.07, 6.45) is 2.84. The van der Waals surface area contributed by atoms with Crippen LogP contribution in [0.4, 0.5) is 4.39 Å². The summed E-state index contributed by atoms with van der Waals surface area (Å²) in [5.74, 6) is 0.484. The first-order valence-electron chi connectivity index (χ1n) is 10.6. The Labute approximate surface area is 178 Å². The molecule has 5 nitrogen and oxygen atoms in total. The molecule has 0 saturated heterocycles. The van der Waals surface area contributed by atoms with Crippen molar-refractivity contribution in [1.29, 1.82) is 0 Å². The fourth-order valence-electron chi connectivity index (χ4n) is 3.43. The third-order valence-electron chi connectivity index (χ3n) is 5.78. The molecule has 6 heteroatoms. The molecule has 30 heavy (non-hydrogen) atoms. The van der Waals surface area contributed by atoms with E-state index in [-0.39, 0.29) is 23.2 Å². The number of nitrogens with one attached hydrogen (secondary N) is 3. The average molecular weight is 411 g/mol. The normalized spacial score (nSPS) is 15.9. The highest BCUT2D eigenvalue weighted by molar-refractivity contribution is 5.94. The van der Waals surface area contributed by atoms with Crippen molar-refractivity contribution in [2.75, 3.05) is 13.6 Å². The number of hydrogen-bond donors (Lipinski definition) is 3. The van der Waals surface area contributed by atoms with Crippen molar-refractivity contribution in [3.8, 4) is 0 Å². The van der Waals surface area contributed by atoms with Crippen LogP contribution < -0.4 is 16.0 Å². The second-order valence-electron chi connectivity index (χ2n) is 8.02. The lowest BCUT2D eigenvalue weighted by molar-refractivity contribution is 0.0939. The van der Waals surface area contributed by atoms with Crippen molar-refractivity contribution in [2.24, 2.45) is 4.99 Å². The minimum atomic E-state index is -0.145. The summed E-state index contributed by atoms with van der Waals surface area (Å²) < 4.78 is 14.2. The first-order valence-corrected chi connectivity index (χ1v) is 10.6. The van der Waals surface area contributed by atoms with E-state index in [0.717, 1.165) is 30.4 Å². The van der Waals surface area contributed by atoms with Crippen molar-refractivity contribution >= 4 is 11.9 Å². The van der Waals surface area contributed by atoms with Gasteiger partial charge in [0.2, 0.25) is 0 Å². The van der Waals surface area contributed by atoms with Gasteiger partial charge in [-0.3, -0.25) is 9.79 Å². The van der Waals surface area contributed by atoms with Gasteiger partial charge in [-0.25, -0.2) is 4.39 Å². The van der Waals surface area contributed by atoms with Crippen molar-refractivity contribution in [3.63, 3.8) is 0 Å². The number of halogens is 1. The topological polar surface area (TPSA) is 65.5 Å². The molecule has 0 bridgehead atoms. The van der Waals surface area contributed by atoms with Crippen LogP contribution >= 0.6 is 0 Å². The summed E-state index contributed by atoms with van der Waals surface area (Å²) in [4.78, 5) is 16.5. The van der Waals surface area contributed by atoms with Gasteiger partial charge in [0.05, 0.1) is 0 Å². The number of benzene rings is 2. The largest absolute Gasteiger partial charge is 0.356 e. The molecule has 1 amide bonds. The maximum atomic E-state index is 14.2. The van der Waals surface area contributed by atoms with E-state index >= 15 is 0 Å². The molecule has 1 fully saturated rings. The molecule has 1 unspecified atom stereocenters. The quantitative estimate of drug-likeness (QED) is 0.459. The number of rotatable bonds is 8. The number of amides is 1. The lowest BCUT2D eigenvalue weighted by Gasteiger charge is -2.19. The summed E-state index contributed by atoms with van der Waals surface area (Å²) in [7, 11) is 1.72. The van der Waals surface area contributed by atoms with Crippen LogP contribution in [0.5, 0.6) is 0 Å².